The van der Waals surface area contributed by atoms with Gasteiger partial charge < -0.3 is 69.3 Å². The number of phenols is 1. The maximum absolute atomic E-state index is 14.5. The van der Waals surface area contributed by atoms with Crippen molar-refractivity contribution in [2.24, 2.45) is 29.0 Å². The van der Waals surface area contributed by atoms with Crippen LogP contribution in [0, 0.1) is 11.8 Å². The summed E-state index contributed by atoms with van der Waals surface area (Å²) < 4.78 is 0. The Labute approximate surface area is 405 Å². The number of amides is 12. The molecule has 12 amide bonds. The van der Waals surface area contributed by atoms with E-state index in [2.05, 4.69) is 37.2 Å². The van der Waals surface area contributed by atoms with E-state index in [4.69, 9.17) is 17.2 Å². The van der Waals surface area contributed by atoms with Gasteiger partial charge in [-0.25, -0.2) is 0 Å². The summed E-state index contributed by atoms with van der Waals surface area (Å²) in [6.07, 6.45) is -1.96. The Morgan fingerprint density at radius 3 is 2.01 bits per heavy atom. The molecule has 0 radical (unpaired) electrons. The number of hydrogen-bond donors (Lipinski definition) is 11. The van der Waals surface area contributed by atoms with E-state index in [9.17, 15) is 62.6 Å². The van der Waals surface area contributed by atoms with Gasteiger partial charge >= 0.3 is 0 Å². The van der Waals surface area contributed by atoms with Crippen LogP contribution >= 0.6 is 0 Å². The number of primary amides is 3. The van der Waals surface area contributed by atoms with Crippen molar-refractivity contribution in [3.8, 4) is 5.75 Å². The molecule has 2 heterocycles. The minimum atomic E-state index is -1.82. The molecular formula is C45H68N12O13. The van der Waals surface area contributed by atoms with Crippen molar-refractivity contribution >= 4 is 70.9 Å². The molecule has 0 unspecified atom stereocenters. The van der Waals surface area contributed by atoms with Crippen LogP contribution in [-0.4, -0.2) is 155 Å². The first-order valence-corrected chi connectivity index (χ1v) is 23.2. The van der Waals surface area contributed by atoms with Gasteiger partial charge in [-0.15, -0.1) is 0 Å². The fourth-order valence-corrected chi connectivity index (χ4v) is 7.89. The van der Waals surface area contributed by atoms with Gasteiger partial charge in [0.2, 0.25) is 70.9 Å². The molecule has 25 nitrogen and oxygen atoms in total. The predicted molar refractivity (Wildman–Crippen MR) is 248 cm³/mol. The zero-order valence-electron chi connectivity index (χ0n) is 40.2. The number of likely N-dealkylation sites (N-methyl/N-ethyl adjacent to an activating group) is 1. The van der Waals surface area contributed by atoms with Gasteiger partial charge in [-0.2, -0.15) is 0 Å². The van der Waals surface area contributed by atoms with E-state index in [0.717, 1.165) is 9.80 Å². The lowest BCUT2D eigenvalue weighted by Gasteiger charge is -2.32. The zero-order valence-corrected chi connectivity index (χ0v) is 40.2. The SMILES string of the molecule is CC[C@H](C)[C@@H]1NC(=O)[C@H](Cc2ccc(O)cc2)NC(=O)CNC(=O)CC[C@@H](C(=O)N2CCC[C@H]2C(=O)N[C@@H](CC(C)C)C(=O)N(C)CC(N)=O)NC(=O)[C@H](CC(N)=O)NC(=O)[C@H](CCC(N)=O)NC1=O. The minimum absolute atomic E-state index is 0.0146. The Bertz CT molecular complexity index is 2120. The average Bonchev–Trinajstić information content (AvgIpc) is 3.79. The third-order valence-electron chi connectivity index (χ3n) is 11.8. The van der Waals surface area contributed by atoms with Gasteiger partial charge in [0.05, 0.1) is 19.5 Å². The van der Waals surface area contributed by atoms with Gasteiger partial charge in [0.25, 0.3) is 0 Å². The molecule has 0 bridgehead atoms. The Hall–Kier alpha value is -7.34. The standard InChI is InChI=1S/C45H68N12O13/c1-6-24(4)38-43(68)51-27(13-15-33(46)59)39(64)53-30(20-34(47)60)40(65)52-28(14-16-36(62)49-21-37(63)50-29(41(66)55-38)19-25-9-11-26(58)12-10-25)45(70)57-17-7-8-32(57)42(67)54-31(18-23(2)3)44(69)56(5)22-35(48)61/h9-12,23-24,27-32,38,58H,6-8,13-22H2,1-5H3,(H2,46,59)(H2,47,60)(H2,48,61)(H,49,62)(H,50,63)(H,51,68)(H,52,65)(H,53,64)(H,54,67)(H,55,66)/t24-,27-,28-,29-,30-,31-,32-,38-/m0/s1. The predicted octanol–water partition coefficient (Wildman–Crippen LogP) is -4.08. The lowest BCUT2D eigenvalue weighted by atomic mass is 9.96. The van der Waals surface area contributed by atoms with Gasteiger partial charge in [0.15, 0.2) is 0 Å². The molecule has 2 fully saturated rings. The topological polar surface area (TPSA) is 394 Å². The highest BCUT2D eigenvalue weighted by Crippen LogP contribution is 2.21. The molecule has 1 aromatic carbocycles. The number of aromatic hydroxyl groups is 1. The van der Waals surface area contributed by atoms with Crippen molar-refractivity contribution < 1.29 is 62.6 Å². The molecule has 0 spiro atoms. The normalized spacial score (nSPS) is 23.0. The largest absolute Gasteiger partial charge is 0.508 e. The molecule has 0 saturated carbocycles. The second-order valence-corrected chi connectivity index (χ2v) is 18.1. The van der Waals surface area contributed by atoms with Crippen LogP contribution in [0.15, 0.2) is 24.3 Å². The summed E-state index contributed by atoms with van der Waals surface area (Å²) in [7, 11) is 1.34. The second-order valence-electron chi connectivity index (χ2n) is 18.1. The first kappa shape index (κ1) is 57.0. The monoisotopic (exact) mass is 985 g/mol. The molecule has 3 rings (SSSR count). The summed E-state index contributed by atoms with van der Waals surface area (Å²) in [5.74, 6) is -11.3. The van der Waals surface area contributed by atoms with Crippen molar-refractivity contribution in [3.63, 3.8) is 0 Å². The van der Waals surface area contributed by atoms with Crippen LogP contribution < -0.4 is 54.4 Å². The Balaban J connectivity index is 2.06. The number of carbonyl (C=O) groups excluding carboxylic acids is 12. The summed E-state index contributed by atoms with van der Waals surface area (Å²) in [5, 5.41) is 27.4. The average molecular weight is 985 g/mol. The van der Waals surface area contributed by atoms with Gasteiger partial charge in [0.1, 0.15) is 48.0 Å². The van der Waals surface area contributed by atoms with Gasteiger partial charge in [-0.3, -0.25) is 57.5 Å². The Morgan fingerprint density at radius 2 is 1.41 bits per heavy atom. The van der Waals surface area contributed by atoms with Crippen molar-refractivity contribution in [1.29, 1.82) is 0 Å². The number of carbonyl (C=O) groups is 12. The number of benzene rings is 1. The Kier molecular flexibility index (Phi) is 22.0. The second kappa shape index (κ2) is 27.0. The summed E-state index contributed by atoms with van der Waals surface area (Å²) in [4.78, 5) is 163. The highest BCUT2D eigenvalue weighted by Gasteiger charge is 2.41. The van der Waals surface area contributed by atoms with E-state index in [1.165, 1.54) is 31.3 Å². The van der Waals surface area contributed by atoms with Gasteiger partial charge in [0, 0.05) is 32.9 Å². The molecule has 0 aliphatic carbocycles. The fraction of sp³-hybridized carbons (Fsp3) is 0.600. The van der Waals surface area contributed by atoms with Crippen molar-refractivity contribution in [3.05, 3.63) is 29.8 Å². The van der Waals surface area contributed by atoms with E-state index in [0.29, 0.717) is 18.4 Å². The number of phenolic OH excluding ortho intramolecular Hbond substituents is 1. The fourth-order valence-electron chi connectivity index (χ4n) is 7.89. The number of nitrogens with one attached hydrogen (secondary N) is 7. The van der Waals surface area contributed by atoms with E-state index in [1.54, 1.807) is 13.8 Å². The molecule has 1 aromatic rings. The van der Waals surface area contributed by atoms with E-state index in [-0.39, 0.29) is 37.5 Å². The van der Waals surface area contributed by atoms with E-state index < -0.39 is 164 Å². The number of hydrogen-bond acceptors (Lipinski definition) is 13. The van der Waals surface area contributed by atoms with Crippen molar-refractivity contribution in [2.45, 2.75) is 134 Å². The maximum atomic E-state index is 14.5. The molecule has 386 valence electrons. The van der Waals surface area contributed by atoms with Crippen LogP contribution in [0.2, 0.25) is 0 Å². The maximum Gasteiger partial charge on any atom is 0.245 e. The lowest BCUT2D eigenvalue weighted by Crippen LogP contribution is -2.61. The zero-order chi connectivity index (χ0) is 52.4. The third-order valence-corrected chi connectivity index (χ3v) is 11.8. The summed E-state index contributed by atoms with van der Waals surface area (Å²) in [6, 6.07) is -4.35. The van der Waals surface area contributed by atoms with E-state index >= 15 is 0 Å². The number of rotatable bonds is 17. The molecule has 14 N–H and O–H groups in total. The van der Waals surface area contributed by atoms with Crippen LogP contribution in [0.3, 0.4) is 0 Å². The van der Waals surface area contributed by atoms with Gasteiger partial charge in [-0.05, 0) is 61.6 Å². The summed E-state index contributed by atoms with van der Waals surface area (Å²) >= 11 is 0. The highest BCUT2D eigenvalue weighted by molar-refractivity contribution is 5.99. The molecule has 2 aliphatic rings. The first-order valence-electron chi connectivity index (χ1n) is 23.2. The lowest BCUT2D eigenvalue weighted by molar-refractivity contribution is -0.144. The molecule has 2 aliphatic heterocycles. The van der Waals surface area contributed by atoms with Crippen LogP contribution in [0.25, 0.3) is 0 Å². The van der Waals surface area contributed by atoms with Crippen LogP contribution in [-0.2, 0) is 64.0 Å². The van der Waals surface area contributed by atoms with Crippen molar-refractivity contribution in [1.82, 2.24) is 47.0 Å². The van der Waals surface area contributed by atoms with Crippen LogP contribution in [0.1, 0.15) is 91.0 Å². The molecule has 8 atom stereocenters. The number of likely N-dealkylation sites (tertiary alicyclic amines) is 1. The molecule has 2 saturated heterocycles. The van der Waals surface area contributed by atoms with Gasteiger partial charge in [-0.1, -0.05) is 46.2 Å². The quantitative estimate of drug-likeness (QED) is 0.0709. The third kappa shape index (κ3) is 18.0. The molecular weight excluding hydrogens is 917 g/mol. The molecule has 0 aromatic heterocycles. The Morgan fingerprint density at radius 1 is 0.786 bits per heavy atom. The highest BCUT2D eigenvalue weighted by atomic mass is 16.3. The molecule has 70 heavy (non-hydrogen) atoms. The number of nitrogens with zero attached hydrogens (tertiary/aromatic N) is 2. The minimum Gasteiger partial charge on any atom is -0.508 e. The summed E-state index contributed by atoms with van der Waals surface area (Å²) in [5.41, 5.74) is 16.7. The first-order chi connectivity index (χ1) is 32.9. The smallest absolute Gasteiger partial charge is 0.245 e. The van der Waals surface area contributed by atoms with Crippen molar-refractivity contribution in [2.75, 3.05) is 26.7 Å². The molecule has 25 heteroatoms. The number of nitrogens with two attached hydrogens (primary N) is 3. The van der Waals surface area contributed by atoms with Crippen LogP contribution in [0.5, 0.6) is 5.75 Å². The van der Waals surface area contributed by atoms with Crippen LogP contribution in [0.4, 0.5) is 0 Å². The summed E-state index contributed by atoms with van der Waals surface area (Å²) in [6.45, 7) is 5.86. The van der Waals surface area contributed by atoms with E-state index in [1.807, 2.05) is 13.8 Å².